The Labute approximate surface area is 152 Å². The Morgan fingerprint density at radius 3 is 1.96 bits per heavy atom. The molecule has 0 saturated heterocycles. The molecule has 25 heavy (non-hydrogen) atoms. The van der Waals surface area contributed by atoms with Gasteiger partial charge < -0.3 is 9.47 Å². The Hall–Kier alpha value is -1.46. The Kier molecular flexibility index (Phi) is 6.76. The SMILES string of the molecule is CCCC1(CC)CC(N(NC(=O)OC(C)(C)C)C(=O)OC(C)(C)C)C1. The lowest BCUT2D eigenvalue weighted by Gasteiger charge is -2.51. The molecule has 1 aliphatic carbocycles. The molecule has 0 unspecified atom stereocenters. The summed E-state index contributed by atoms with van der Waals surface area (Å²) in [6, 6.07) is -0.0612. The molecule has 0 atom stereocenters. The lowest BCUT2D eigenvalue weighted by molar-refractivity contribution is -0.0548. The first-order chi connectivity index (χ1) is 11.3. The number of nitrogens with one attached hydrogen (secondary N) is 1. The minimum absolute atomic E-state index is 0.0612. The zero-order chi connectivity index (χ0) is 19.5. The van der Waals surface area contributed by atoms with E-state index < -0.39 is 23.4 Å². The van der Waals surface area contributed by atoms with E-state index in [4.69, 9.17) is 9.47 Å². The van der Waals surface area contributed by atoms with Crippen LogP contribution in [-0.2, 0) is 9.47 Å². The number of rotatable bonds is 4. The van der Waals surface area contributed by atoms with Gasteiger partial charge in [0.1, 0.15) is 11.2 Å². The molecule has 0 heterocycles. The van der Waals surface area contributed by atoms with Gasteiger partial charge in [-0.15, -0.1) is 0 Å². The zero-order valence-electron chi connectivity index (χ0n) is 17.2. The monoisotopic (exact) mass is 356 g/mol. The van der Waals surface area contributed by atoms with Crippen LogP contribution in [0.2, 0.25) is 0 Å². The number of nitrogens with zero attached hydrogens (tertiary/aromatic N) is 1. The molecule has 1 N–H and O–H groups in total. The van der Waals surface area contributed by atoms with Gasteiger partial charge in [0.2, 0.25) is 0 Å². The Morgan fingerprint density at radius 1 is 1.04 bits per heavy atom. The predicted molar refractivity (Wildman–Crippen MR) is 98.1 cm³/mol. The predicted octanol–water partition coefficient (Wildman–Crippen LogP) is 5.02. The Balaban J connectivity index is 2.83. The molecule has 2 amide bonds. The molecule has 0 aromatic rings. The fraction of sp³-hybridized carbons (Fsp3) is 0.895. The van der Waals surface area contributed by atoms with Gasteiger partial charge in [0.25, 0.3) is 0 Å². The number of amides is 2. The smallest absolute Gasteiger partial charge is 0.429 e. The fourth-order valence-corrected chi connectivity index (χ4v) is 3.32. The van der Waals surface area contributed by atoms with E-state index in [1.165, 1.54) is 5.01 Å². The molecule has 1 fully saturated rings. The van der Waals surface area contributed by atoms with Crippen molar-refractivity contribution in [2.24, 2.45) is 5.41 Å². The molecule has 146 valence electrons. The molecule has 1 saturated carbocycles. The van der Waals surface area contributed by atoms with Gasteiger partial charge in [0, 0.05) is 0 Å². The van der Waals surface area contributed by atoms with Gasteiger partial charge in [-0.3, -0.25) is 0 Å². The third kappa shape index (κ3) is 6.75. The summed E-state index contributed by atoms with van der Waals surface area (Å²) in [5.74, 6) is 0. The van der Waals surface area contributed by atoms with Gasteiger partial charge in [0.05, 0.1) is 6.04 Å². The van der Waals surface area contributed by atoms with Gasteiger partial charge in [-0.25, -0.2) is 20.0 Å². The van der Waals surface area contributed by atoms with Crippen molar-refractivity contribution >= 4 is 12.2 Å². The highest BCUT2D eigenvalue weighted by Crippen LogP contribution is 2.49. The van der Waals surface area contributed by atoms with Gasteiger partial charge in [-0.2, -0.15) is 0 Å². The molecule has 6 heteroatoms. The van der Waals surface area contributed by atoms with Crippen molar-refractivity contribution in [2.75, 3.05) is 0 Å². The summed E-state index contributed by atoms with van der Waals surface area (Å²) in [6.45, 7) is 15.2. The average molecular weight is 357 g/mol. The standard InChI is InChI=1S/C19H36N2O4/c1-9-11-19(10-2)12-14(13-19)21(16(23)25-18(6,7)8)20-15(22)24-17(3,4)5/h14H,9-13H2,1-8H3,(H,20,22). The van der Waals surface area contributed by atoms with E-state index in [1.54, 1.807) is 20.8 Å². The highest BCUT2D eigenvalue weighted by Gasteiger charge is 2.47. The summed E-state index contributed by atoms with van der Waals surface area (Å²) in [4.78, 5) is 24.7. The summed E-state index contributed by atoms with van der Waals surface area (Å²) < 4.78 is 10.8. The van der Waals surface area contributed by atoms with Crippen molar-refractivity contribution in [1.82, 2.24) is 10.4 Å². The van der Waals surface area contributed by atoms with Crippen LogP contribution in [0.3, 0.4) is 0 Å². The Bertz CT molecular complexity index is 471. The molecule has 0 aliphatic heterocycles. The second kappa shape index (κ2) is 7.83. The third-order valence-electron chi connectivity index (χ3n) is 4.43. The lowest BCUT2D eigenvalue weighted by Crippen LogP contribution is -2.60. The fourth-order valence-electron chi connectivity index (χ4n) is 3.32. The van der Waals surface area contributed by atoms with E-state index in [1.807, 2.05) is 20.8 Å². The minimum Gasteiger partial charge on any atom is -0.443 e. The van der Waals surface area contributed by atoms with Crippen molar-refractivity contribution in [1.29, 1.82) is 0 Å². The van der Waals surface area contributed by atoms with Crippen molar-refractivity contribution in [3.63, 3.8) is 0 Å². The number of carbonyl (C=O) groups excluding carboxylic acids is 2. The summed E-state index contributed by atoms with van der Waals surface area (Å²) in [7, 11) is 0. The summed E-state index contributed by atoms with van der Waals surface area (Å²) in [5.41, 5.74) is 1.61. The molecule has 0 spiro atoms. The third-order valence-corrected chi connectivity index (χ3v) is 4.43. The molecule has 1 aliphatic rings. The van der Waals surface area contributed by atoms with Crippen LogP contribution in [0.4, 0.5) is 9.59 Å². The van der Waals surface area contributed by atoms with E-state index >= 15 is 0 Å². The first-order valence-electron chi connectivity index (χ1n) is 9.33. The molecule has 0 bridgehead atoms. The van der Waals surface area contributed by atoms with Crippen LogP contribution < -0.4 is 5.43 Å². The van der Waals surface area contributed by atoms with Crippen LogP contribution >= 0.6 is 0 Å². The Morgan fingerprint density at radius 2 is 1.56 bits per heavy atom. The minimum atomic E-state index is -0.636. The summed E-state index contributed by atoms with van der Waals surface area (Å²) in [6.07, 6.45) is 3.89. The van der Waals surface area contributed by atoms with Crippen LogP contribution in [-0.4, -0.2) is 34.4 Å². The number of hydrazine groups is 1. The number of carbonyl (C=O) groups is 2. The molecule has 0 aromatic carbocycles. The topological polar surface area (TPSA) is 67.9 Å². The number of hydrogen-bond donors (Lipinski definition) is 1. The van der Waals surface area contributed by atoms with Crippen molar-refractivity contribution in [2.45, 2.75) is 105 Å². The van der Waals surface area contributed by atoms with Crippen LogP contribution in [0.25, 0.3) is 0 Å². The highest BCUT2D eigenvalue weighted by molar-refractivity contribution is 5.74. The molecule has 1 rings (SSSR count). The lowest BCUT2D eigenvalue weighted by atomic mass is 9.61. The van der Waals surface area contributed by atoms with Crippen molar-refractivity contribution < 1.29 is 19.1 Å². The van der Waals surface area contributed by atoms with Gasteiger partial charge in [-0.05, 0) is 66.2 Å². The van der Waals surface area contributed by atoms with Crippen LogP contribution in [0.5, 0.6) is 0 Å². The van der Waals surface area contributed by atoms with E-state index in [9.17, 15) is 9.59 Å². The molecular weight excluding hydrogens is 320 g/mol. The molecular formula is C19H36N2O4. The number of ether oxygens (including phenoxy) is 2. The largest absolute Gasteiger partial charge is 0.443 e. The van der Waals surface area contributed by atoms with Gasteiger partial charge in [0.15, 0.2) is 0 Å². The van der Waals surface area contributed by atoms with E-state index in [-0.39, 0.29) is 11.5 Å². The quantitative estimate of drug-likeness (QED) is 0.718. The van der Waals surface area contributed by atoms with Crippen LogP contribution in [0.15, 0.2) is 0 Å². The molecule has 6 nitrogen and oxygen atoms in total. The average Bonchev–Trinajstić information content (AvgIpc) is 2.36. The van der Waals surface area contributed by atoms with E-state index in [0.717, 1.165) is 32.1 Å². The normalized spacial score (nSPS) is 23.4. The van der Waals surface area contributed by atoms with Crippen molar-refractivity contribution in [3.8, 4) is 0 Å². The second-order valence-electron chi connectivity index (χ2n) is 9.13. The van der Waals surface area contributed by atoms with Crippen LogP contribution in [0, 0.1) is 5.41 Å². The zero-order valence-corrected chi connectivity index (χ0v) is 17.2. The first-order valence-corrected chi connectivity index (χ1v) is 9.33. The maximum Gasteiger partial charge on any atom is 0.429 e. The second-order valence-corrected chi connectivity index (χ2v) is 9.13. The van der Waals surface area contributed by atoms with E-state index in [0.29, 0.717) is 0 Å². The maximum atomic E-state index is 12.6. The maximum absolute atomic E-state index is 12.6. The van der Waals surface area contributed by atoms with E-state index in [2.05, 4.69) is 19.3 Å². The number of hydrogen-bond acceptors (Lipinski definition) is 4. The molecule has 0 radical (unpaired) electrons. The highest BCUT2D eigenvalue weighted by atomic mass is 16.6. The molecule has 0 aromatic heterocycles. The first kappa shape index (κ1) is 21.6. The summed E-state index contributed by atoms with van der Waals surface area (Å²) >= 11 is 0. The van der Waals surface area contributed by atoms with Gasteiger partial charge in [-0.1, -0.05) is 26.7 Å². The van der Waals surface area contributed by atoms with Crippen LogP contribution in [0.1, 0.15) is 87.5 Å². The van der Waals surface area contributed by atoms with Crippen molar-refractivity contribution in [3.05, 3.63) is 0 Å². The summed E-state index contributed by atoms with van der Waals surface area (Å²) in [5, 5.41) is 1.32. The van der Waals surface area contributed by atoms with Gasteiger partial charge >= 0.3 is 12.2 Å².